The lowest BCUT2D eigenvalue weighted by atomic mass is 10.1. The summed E-state index contributed by atoms with van der Waals surface area (Å²) in [7, 11) is 4.71. The van der Waals surface area contributed by atoms with Crippen molar-refractivity contribution in [2.45, 2.75) is 19.1 Å². The van der Waals surface area contributed by atoms with Gasteiger partial charge in [-0.05, 0) is 17.7 Å². The van der Waals surface area contributed by atoms with Crippen LogP contribution in [0.4, 0.5) is 17.6 Å². The van der Waals surface area contributed by atoms with Gasteiger partial charge in [-0.3, -0.25) is 9.79 Å². The second-order valence-corrected chi connectivity index (χ2v) is 5.19. The number of benzene rings is 1. The van der Waals surface area contributed by atoms with Crippen LogP contribution in [-0.4, -0.2) is 44.5 Å². The number of hydrogen-bond acceptors (Lipinski definition) is 2. The summed E-state index contributed by atoms with van der Waals surface area (Å²) in [5.74, 6) is -0.786. The van der Waals surface area contributed by atoms with E-state index in [9.17, 15) is 22.4 Å². The lowest BCUT2D eigenvalue weighted by molar-refractivity contribution is -0.138. The maximum Gasteiger partial charge on any atom is 0.416 e. The predicted octanol–water partition coefficient (Wildman–Crippen LogP) is 2.61. The van der Waals surface area contributed by atoms with Crippen molar-refractivity contribution in [3.8, 4) is 0 Å². The Morgan fingerprint density at radius 1 is 1.24 bits per heavy atom. The Hall–Kier alpha value is -1.59. The lowest BCUT2D eigenvalue weighted by Crippen LogP contribution is -2.39. The van der Waals surface area contributed by atoms with Gasteiger partial charge in [0.25, 0.3) is 0 Å². The van der Waals surface area contributed by atoms with Crippen molar-refractivity contribution in [1.82, 2.24) is 15.5 Å². The monoisotopic (exact) mass is 476 g/mol. The number of guanidine groups is 1. The Kier molecular flexibility index (Phi) is 9.75. The third-order valence-electron chi connectivity index (χ3n) is 3.18. The SMILES string of the molecule is CN=C(NCCC(=O)N(C)C)NCc1ccc(F)cc1C(F)(F)F.I. The molecule has 142 valence electrons. The number of aliphatic imine (C=N–C) groups is 1. The van der Waals surface area contributed by atoms with E-state index in [4.69, 9.17) is 0 Å². The molecule has 0 spiro atoms. The Balaban J connectivity index is 0.00000576. The van der Waals surface area contributed by atoms with Crippen LogP contribution >= 0.6 is 24.0 Å². The number of alkyl halides is 3. The molecule has 0 aliphatic heterocycles. The van der Waals surface area contributed by atoms with E-state index in [-0.39, 0.29) is 60.9 Å². The number of carbonyl (C=O) groups is 1. The number of hydrogen-bond donors (Lipinski definition) is 2. The molecule has 0 saturated carbocycles. The van der Waals surface area contributed by atoms with E-state index in [0.717, 1.165) is 12.1 Å². The molecule has 1 aromatic rings. The largest absolute Gasteiger partial charge is 0.416 e. The maximum atomic E-state index is 13.1. The van der Waals surface area contributed by atoms with E-state index in [1.54, 1.807) is 14.1 Å². The van der Waals surface area contributed by atoms with Crippen molar-refractivity contribution in [2.75, 3.05) is 27.7 Å². The molecule has 0 saturated heterocycles. The highest BCUT2D eigenvalue weighted by molar-refractivity contribution is 14.0. The van der Waals surface area contributed by atoms with Crippen molar-refractivity contribution >= 4 is 35.8 Å². The number of halogens is 5. The Morgan fingerprint density at radius 3 is 2.40 bits per heavy atom. The highest BCUT2D eigenvalue weighted by atomic mass is 127. The van der Waals surface area contributed by atoms with Gasteiger partial charge in [0.15, 0.2) is 5.96 Å². The van der Waals surface area contributed by atoms with Gasteiger partial charge in [-0.1, -0.05) is 6.07 Å². The highest BCUT2D eigenvalue weighted by Gasteiger charge is 2.33. The number of rotatable bonds is 5. The molecule has 0 bridgehead atoms. The summed E-state index contributed by atoms with van der Waals surface area (Å²) in [5.41, 5.74) is -1.13. The molecule has 25 heavy (non-hydrogen) atoms. The number of amides is 1. The van der Waals surface area contributed by atoms with Crippen LogP contribution in [0.3, 0.4) is 0 Å². The van der Waals surface area contributed by atoms with Gasteiger partial charge in [0.05, 0.1) is 5.56 Å². The highest BCUT2D eigenvalue weighted by Crippen LogP contribution is 2.32. The molecule has 0 atom stereocenters. The van der Waals surface area contributed by atoms with Crippen molar-refractivity contribution in [2.24, 2.45) is 4.99 Å². The fourth-order valence-corrected chi connectivity index (χ4v) is 1.88. The zero-order valence-electron chi connectivity index (χ0n) is 14.1. The fourth-order valence-electron chi connectivity index (χ4n) is 1.88. The Labute approximate surface area is 160 Å². The van der Waals surface area contributed by atoms with Crippen molar-refractivity contribution in [3.63, 3.8) is 0 Å². The molecule has 0 aliphatic rings. The average molecular weight is 476 g/mol. The first-order valence-electron chi connectivity index (χ1n) is 7.15. The van der Waals surface area contributed by atoms with Crippen LogP contribution in [0.1, 0.15) is 17.5 Å². The minimum atomic E-state index is -4.64. The zero-order valence-corrected chi connectivity index (χ0v) is 16.4. The van der Waals surface area contributed by atoms with E-state index in [1.807, 2.05) is 0 Å². The number of carbonyl (C=O) groups excluding carboxylic acids is 1. The van der Waals surface area contributed by atoms with Gasteiger partial charge < -0.3 is 15.5 Å². The first kappa shape index (κ1) is 23.4. The normalized spacial score (nSPS) is 11.6. The van der Waals surface area contributed by atoms with Crippen LogP contribution in [0.2, 0.25) is 0 Å². The summed E-state index contributed by atoms with van der Waals surface area (Å²) < 4.78 is 51.8. The fraction of sp³-hybridized carbons (Fsp3) is 0.467. The molecule has 1 amide bonds. The minimum absolute atomic E-state index is 0. The Morgan fingerprint density at radius 2 is 1.88 bits per heavy atom. The predicted molar refractivity (Wildman–Crippen MR) is 98.3 cm³/mol. The summed E-state index contributed by atoms with van der Waals surface area (Å²) in [6, 6.07) is 2.51. The summed E-state index contributed by atoms with van der Waals surface area (Å²) in [5, 5.41) is 5.54. The summed E-state index contributed by atoms with van der Waals surface area (Å²) in [4.78, 5) is 16.7. The molecule has 0 unspecified atom stereocenters. The molecular weight excluding hydrogens is 455 g/mol. The zero-order chi connectivity index (χ0) is 18.3. The quantitative estimate of drug-likeness (QED) is 0.298. The molecule has 0 aromatic heterocycles. The van der Waals surface area contributed by atoms with Crippen LogP contribution in [0.15, 0.2) is 23.2 Å². The van der Waals surface area contributed by atoms with Crippen LogP contribution in [0, 0.1) is 5.82 Å². The summed E-state index contributed by atoms with van der Waals surface area (Å²) in [6.07, 6.45) is -4.42. The van der Waals surface area contributed by atoms with Crippen molar-refractivity contribution in [3.05, 3.63) is 35.1 Å². The van der Waals surface area contributed by atoms with E-state index >= 15 is 0 Å². The molecular formula is C15H21F4IN4O. The molecule has 10 heteroatoms. The molecule has 5 nitrogen and oxygen atoms in total. The van der Waals surface area contributed by atoms with Crippen LogP contribution in [0.25, 0.3) is 0 Å². The molecule has 1 aromatic carbocycles. The molecule has 0 heterocycles. The second-order valence-electron chi connectivity index (χ2n) is 5.19. The van der Waals surface area contributed by atoms with Crippen molar-refractivity contribution in [1.29, 1.82) is 0 Å². The lowest BCUT2D eigenvalue weighted by Gasteiger charge is -2.16. The first-order chi connectivity index (χ1) is 11.1. The topological polar surface area (TPSA) is 56.7 Å². The van der Waals surface area contributed by atoms with E-state index in [1.165, 1.54) is 11.9 Å². The average Bonchev–Trinajstić information content (AvgIpc) is 2.50. The van der Waals surface area contributed by atoms with E-state index < -0.39 is 17.6 Å². The van der Waals surface area contributed by atoms with Crippen LogP contribution < -0.4 is 10.6 Å². The van der Waals surface area contributed by atoms with Crippen LogP contribution in [-0.2, 0) is 17.5 Å². The van der Waals surface area contributed by atoms with E-state index in [2.05, 4.69) is 15.6 Å². The van der Waals surface area contributed by atoms with Gasteiger partial charge in [0.2, 0.25) is 5.91 Å². The van der Waals surface area contributed by atoms with Gasteiger partial charge >= 0.3 is 6.18 Å². The van der Waals surface area contributed by atoms with Gasteiger partial charge in [-0.25, -0.2) is 4.39 Å². The molecule has 1 rings (SSSR count). The number of nitrogens with zero attached hydrogens (tertiary/aromatic N) is 2. The first-order valence-corrected chi connectivity index (χ1v) is 7.15. The molecule has 0 fully saturated rings. The third kappa shape index (κ3) is 7.88. The Bertz CT molecular complexity index is 606. The third-order valence-corrected chi connectivity index (χ3v) is 3.18. The van der Waals surface area contributed by atoms with E-state index in [0.29, 0.717) is 6.07 Å². The van der Waals surface area contributed by atoms with Gasteiger partial charge in [-0.15, -0.1) is 24.0 Å². The minimum Gasteiger partial charge on any atom is -0.356 e. The molecule has 0 radical (unpaired) electrons. The standard InChI is InChI=1S/C15H20F4N4O.HI/c1-20-14(21-7-6-13(24)23(2)3)22-9-10-4-5-11(16)8-12(10)15(17,18)19;/h4-5,8H,6-7,9H2,1-3H3,(H2,20,21,22);1H. The van der Waals surface area contributed by atoms with Gasteiger partial charge in [0.1, 0.15) is 5.82 Å². The molecule has 0 aliphatic carbocycles. The smallest absolute Gasteiger partial charge is 0.356 e. The summed E-state index contributed by atoms with van der Waals surface area (Å²) >= 11 is 0. The maximum absolute atomic E-state index is 13.1. The van der Waals surface area contributed by atoms with Gasteiger partial charge in [0, 0.05) is 40.7 Å². The van der Waals surface area contributed by atoms with Crippen molar-refractivity contribution < 1.29 is 22.4 Å². The summed E-state index contributed by atoms with van der Waals surface area (Å²) in [6.45, 7) is 0.0999. The second kappa shape index (κ2) is 10.4. The number of nitrogens with one attached hydrogen (secondary N) is 2. The van der Waals surface area contributed by atoms with Gasteiger partial charge in [-0.2, -0.15) is 13.2 Å². The molecule has 2 N–H and O–H groups in total. The van der Waals surface area contributed by atoms with Crippen LogP contribution in [0.5, 0.6) is 0 Å².